The van der Waals surface area contributed by atoms with Crippen LogP contribution in [0, 0.1) is 23.7 Å². The molecule has 1 heteroatoms. The molecule has 0 radical (unpaired) electrons. The SMILES string of the molecule is CC(C)C#CC(C)(O)C1CCC1. The Labute approximate surface area is 75.2 Å². The van der Waals surface area contributed by atoms with Gasteiger partial charge in [0.1, 0.15) is 5.60 Å². The van der Waals surface area contributed by atoms with Gasteiger partial charge in [0.05, 0.1) is 0 Å². The molecule has 1 N–H and O–H groups in total. The predicted molar refractivity (Wildman–Crippen MR) is 50.6 cm³/mol. The second-order valence-corrected chi connectivity index (χ2v) is 4.20. The molecule has 1 aliphatic rings. The van der Waals surface area contributed by atoms with Crippen LogP contribution in [-0.4, -0.2) is 10.7 Å². The standard InChI is InChI=1S/C11H18O/c1-9(2)7-8-11(3,12)10-5-4-6-10/h9-10,12H,4-6H2,1-3H3. The largest absolute Gasteiger partial charge is 0.378 e. The van der Waals surface area contributed by atoms with Gasteiger partial charge < -0.3 is 5.11 Å². The van der Waals surface area contributed by atoms with E-state index in [1.165, 1.54) is 6.42 Å². The lowest BCUT2D eigenvalue weighted by Crippen LogP contribution is -2.37. The maximum absolute atomic E-state index is 9.91. The second-order valence-electron chi connectivity index (χ2n) is 4.20. The van der Waals surface area contributed by atoms with E-state index in [1.807, 2.05) is 20.8 Å². The van der Waals surface area contributed by atoms with Gasteiger partial charge in [0.25, 0.3) is 0 Å². The van der Waals surface area contributed by atoms with Crippen LogP contribution in [0.25, 0.3) is 0 Å². The van der Waals surface area contributed by atoms with Crippen LogP contribution in [0.4, 0.5) is 0 Å². The minimum atomic E-state index is -0.734. The minimum Gasteiger partial charge on any atom is -0.378 e. The van der Waals surface area contributed by atoms with Crippen LogP contribution in [-0.2, 0) is 0 Å². The van der Waals surface area contributed by atoms with E-state index in [0.29, 0.717) is 11.8 Å². The maximum Gasteiger partial charge on any atom is 0.125 e. The second kappa shape index (κ2) is 3.49. The first kappa shape index (κ1) is 9.61. The summed E-state index contributed by atoms with van der Waals surface area (Å²) in [7, 11) is 0. The summed E-state index contributed by atoms with van der Waals surface area (Å²) in [5.41, 5.74) is -0.734. The number of hydrogen-bond acceptors (Lipinski definition) is 1. The van der Waals surface area contributed by atoms with Gasteiger partial charge in [-0.2, -0.15) is 0 Å². The summed E-state index contributed by atoms with van der Waals surface area (Å²) in [5, 5.41) is 9.91. The Morgan fingerprint density at radius 3 is 2.33 bits per heavy atom. The van der Waals surface area contributed by atoms with Gasteiger partial charge in [0.15, 0.2) is 0 Å². The quantitative estimate of drug-likeness (QED) is 0.592. The van der Waals surface area contributed by atoms with Crippen molar-refractivity contribution in [1.29, 1.82) is 0 Å². The summed E-state index contributed by atoms with van der Waals surface area (Å²) in [6.45, 7) is 5.93. The van der Waals surface area contributed by atoms with Crippen molar-refractivity contribution in [3.63, 3.8) is 0 Å². The van der Waals surface area contributed by atoms with E-state index in [0.717, 1.165) is 12.8 Å². The molecule has 1 saturated carbocycles. The van der Waals surface area contributed by atoms with Crippen molar-refractivity contribution in [3.05, 3.63) is 0 Å². The Bertz CT molecular complexity index is 201. The molecule has 0 aromatic heterocycles. The molecule has 0 aliphatic heterocycles. The summed E-state index contributed by atoms with van der Waals surface area (Å²) < 4.78 is 0. The van der Waals surface area contributed by atoms with Gasteiger partial charge in [-0.3, -0.25) is 0 Å². The number of aliphatic hydroxyl groups is 1. The average Bonchev–Trinajstić information content (AvgIpc) is 1.78. The van der Waals surface area contributed by atoms with Crippen LogP contribution >= 0.6 is 0 Å². The van der Waals surface area contributed by atoms with Gasteiger partial charge in [0.2, 0.25) is 0 Å². The fourth-order valence-corrected chi connectivity index (χ4v) is 1.36. The average molecular weight is 166 g/mol. The Morgan fingerprint density at radius 2 is 2.00 bits per heavy atom. The maximum atomic E-state index is 9.91. The highest BCUT2D eigenvalue weighted by molar-refractivity contribution is 5.16. The molecule has 0 bridgehead atoms. The third kappa shape index (κ3) is 2.25. The first-order valence-electron chi connectivity index (χ1n) is 4.77. The van der Waals surface area contributed by atoms with Crippen LogP contribution in [0.3, 0.4) is 0 Å². The third-order valence-electron chi connectivity index (χ3n) is 2.51. The molecule has 1 fully saturated rings. The molecule has 1 aliphatic carbocycles. The Balaban J connectivity index is 2.54. The highest BCUT2D eigenvalue weighted by atomic mass is 16.3. The van der Waals surface area contributed by atoms with Crippen molar-refractivity contribution < 1.29 is 5.11 Å². The molecular formula is C11H18O. The zero-order chi connectivity index (χ0) is 9.19. The molecule has 1 nitrogen and oxygen atoms in total. The van der Waals surface area contributed by atoms with Crippen LogP contribution < -0.4 is 0 Å². The van der Waals surface area contributed by atoms with E-state index < -0.39 is 5.60 Å². The molecule has 0 amide bonds. The minimum absolute atomic E-state index is 0.358. The van der Waals surface area contributed by atoms with Gasteiger partial charge in [0, 0.05) is 5.92 Å². The Kier molecular flexibility index (Phi) is 2.80. The first-order valence-corrected chi connectivity index (χ1v) is 4.77. The fourth-order valence-electron chi connectivity index (χ4n) is 1.36. The van der Waals surface area contributed by atoms with Crippen molar-refractivity contribution in [1.82, 2.24) is 0 Å². The predicted octanol–water partition coefficient (Wildman–Crippen LogP) is 2.20. The molecule has 0 heterocycles. The zero-order valence-electron chi connectivity index (χ0n) is 8.22. The number of rotatable bonds is 1. The van der Waals surface area contributed by atoms with Gasteiger partial charge in [-0.05, 0) is 25.7 Å². The van der Waals surface area contributed by atoms with E-state index >= 15 is 0 Å². The molecular weight excluding hydrogens is 148 g/mol. The topological polar surface area (TPSA) is 20.2 Å². The van der Waals surface area contributed by atoms with Crippen molar-refractivity contribution in [2.45, 2.75) is 45.6 Å². The monoisotopic (exact) mass is 166 g/mol. The third-order valence-corrected chi connectivity index (χ3v) is 2.51. The Hall–Kier alpha value is -0.480. The van der Waals surface area contributed by atoms with Crippen LogP contribution in [0.2, 0.25) is 0 Å². The van der Waals surface area contributed by atoms with Crippen LogP contribution in [0.15, 0.2) is 0 Å². The highest BCUT2D eigenvalue weighted by Crippen LogP contribution is 2.35. The molecule has 0 aromatic rings. The lowest BCUT2D eigenvalue weighted by Gasteiger charge is -2.35. The summed E-state index contributed by atoms with van der Waals surface area (Å²) in [6.07, 6.45) is 3.53. The van der Waals surface area contributed by atoms with Crippen molar-refractivity contribution in [2.75, 3.05) is 0 Å². The molecule has 68 valence electrons. The van der Waals surface area contributed by atoms with E-state index in [4.69, 9.17) is 0 Å². The van der Waals surface area contributed by atoms with Crippen molar-refractivity contribution in [2.24, 2.45) is 11.8 Å². The molecule has 1 unspecified atom stereocenters. The zero-order valence-corrected chi connectivity index (χ0v) is 8.22. The normalized spacial score (nSPS) is 22.4. The van der Waals surface area contributed by atoms with E-state index in [-0.39, 0.29) is 0 Å². The summed E-state index contributed by atoms with van der Waals surface area (Å²) in [5.74, 6) is 6.78. The fraction of sp³-hybridized carbons (Fsp3) is 0.818. The summed E-state index contributed by atoms with van der Waals surface area (Å²) >= 11 is 0. The highest BCUT2D eigenvalue weighted by Gasteiger charge is 2.34. The summed E-state index contributed by atoms with van der Waals surface area (Å²) in [4.78, 5) is 0. The lowest BCUT2D eigenvalue weighted by molar-refractivity contribution is 0.0162. The van der Waals surface area contributed by atoms with Crippen molar-refractivity contribution >= 4 is 0 Å². The van der Waals surface area contributed by atoms with Crippen molar-refractivity contribution in [3.8, 4) is 11.8 Å². The van der Waals surface area contributed by atoms with Gasteiger partial charge in [-0.15, -0.1) is 0 Å². The van der Waals surface area contributed by atoms with E-state index in [2.05, 4.69) is 11.8 Å². The van der Waals surface area contributed by atoms with Crippen LogP contribution in [0.1, 0.15) is 40.0 Å². The van der Waals surface area contributed by atoms with Gasteiger partial charge in [-0.25, -0.2) is 0 Å². The van der Waals surface area contributed by atoms with E-state index in [1.54, 1.807) is 0 Å². The lowest BCUT2D eigenvalue weighted by atomic mass is 9.74. The molecule has 0 spiro atoms. The van der Waals surface area contributed by atoms with Gasteiger partial charge >= 0.3 is 0 Å². The van der Waals surface area contributed by atoms with Gasteiger partial charge in [-0.1, -0.05) is 32.1 Å². The number of hydrogen-bond donors (Lipinski definition) is 1. The first-order chi connectivity index (χ1) is 5.52. The smallest absolute Gasteiger partial charge is 0.125 e. The molecule has 0 aromatic carbocycles. The van der Waals surface area contributed by atoms with Crippen LogP contribution in [0.5, 0.6) is 0 Å². The molecule has 12 heavy (non-hydrogen) atoms. The van der Waals surface area contributed by atoms with E-state index in [9.17, 15) is 5.11 Å². The molecule has 1 atom stereocenters. The molecule has 0 saturated heterocycles. The Morgan fingerprint density at radius 1 is 1.42 bits per heavy atom. The molecule has 1 rings (SSSR count). The summed E-state index contributed by atoms with van der Waals surface area (Å²) in [6, 6.07) is 0.